The number of carbonyl (C=O) groups is 1. The van der Waals surface area contributed by atoms with Gasteiger partial charge in [0.2, 0.25) is 0 Å². The van der Waals surface area contributed by atoms with E-state index in [0.717, 1.165) is 0 Å². The quantitative estimate of drug-likeness (QED) is 0.0219. The molecule has 0 aromatic heterocycles. The summed E-state index contributed by atoms with van der Waals surface area (Å²) in [6, 6.07) is 0. The van der Waals surface area contributed by atoms with Crippen LogP contribution in [0.4, 0.5) is 0 Å². The fourth-order valence-corrected chi connectivity index (χ4v) is 3.43. The van der Waals surface area contributed by atoms with Crippen molar-refractivity contribution in [3.63, 3.8) is 0 Å². The molecule has 18 heteroatoms. The van der Waals surface area contributed by atoms with Gasteiger partial charge >= 0.3 is 0 Å². The Morgan fingerprint density at radius 1 is 0.489 bits per heavy atom. The van der Waals surface area contributed by atoms with Crippen LogP contribution >= 0.6 is 0 Å². The minimum absolute atomic E-state index is 0.0657. The van der Waals surface area contributed by atoms with Crippen molar-refractivity contribution in [2.45, 2.75) is 0 Å². The number of carbonyl (C=O) groups excluding carboxylic acids is 1. The number of rotatable bonds is 41. The SMILES string of the molecule is COCOCCOCCOCCOCC(COCC=O)(COCCOCCOCCN=[N+]=[N-])COCCOCCOCCOCOC. The third-order valence-electron chi connectivity index (χ3n) is 5.60. The predicted octanol–water partition coefficient (Wildman–Crippen LogP) is 0.889. The highest BCUT2D eigenvalue weighted by Gasteiger charge is 2.32. The first kappa shape index (κ1) is 45.4. The van der Waals surface area contributed by atoms with Crippen LogP contribution < -0.4 is 0 Å². The summed E-state index contributed by atoms with van der Waals surface area (Å²) in [6.45, 7) is 8.17. The van der Waals surface area contributed by atoms with Crippen molar-refractivity contribution in [2.24, 2.45) is 10.5 Å². The first-order valence-electron chi connectivity index (χ1n) is 15.6. The van der Waals surface area contributed by atoms with Crippen molar-refractivity contribution < 1.29 is 71.1 Å². The van der Waals surface area contributed by atoms with Crippen LogP contribution in [-0.2, 0) is 71.1 Å². The van der Waals surface area contributed by atoms with Crippen molar-refractivity contribution in [3.05, 3.63) is 10.4 Å². The third-order valence-corrected chi connectivity index (χ3v) is 5.60. The van der Waals surface area contributed by atoms with Gasteiger partial charge in [-0.1, -0.05) is 5.11 Å². The van der Waals surface area contributed by atoms with E-state index in [1.165, 1.54) is 0 Å². The Morgan fingerprint density at radius 3 is 1.15 bits per heavy atom. The van der Waals surface area contributed by atoms with Gasteiger partial charge in [-0.3, -0.25) is 0 Å². The van der Waals surface area contributed by atoms with Gasteiger partial charge in [-0.25, -0.2) is 0 Å². The lowest BCUT2D eigenvalue weighted by molar-refractivity contribution is -0.128. The van der Waals surface area contributed by atoms with Crippen LogP contribution in [0.5, 0.6) is 0 Å². The standard InChI is InChI=1S/C29H57N3O15/c1-34-27-46-21-16-40-11-9-38-14-19-44-25-29(23-42-6-4-33,24-43-18-13-37-8-7-36-5-3-31-32-30)26-45-20-15-39-10-12-41-17-22-47-28-35-2/h4H,3,5-28H2,1-2H3. The van der Waals surface area contributed by atoms with Crippen molar-refractivity contribution in [1.82, 2.24) is 0 Å². The maximum Gasteiger partial charge on any atom is 0.146 e. The lowest BCUT2D eigenvalue weighted by Crippen LogP contribution is -2.42. The molecular formula is C29H57N3O15. The molecule has 0 saturated heterocycles. The van der Waals surface area contributed by atoms with E-state index in [4.69, 9.17) is 71.8 Å². The van der Waals surface area contributed by atoms with Crippen LogP contribution in [0.2, 0.25) is 0 Å². The number of azide groups is 1. The van der Waals surface area contributed by atoms with Gasteiger partial charge in [-0.2, -0.15) is 0 Å². The number of aldehydes is 1. The molecule has 0 fully saturated rings. The van der Waals surface area contributed by atoms with Gasteiger partial charge < -0.3 is 71.1 Å². The molecule has 0 radical (unpaired) electrons. The second kappa shape index (κ2) is 38.9. The van der Waals surface area contributed by atoms with E-state index in [-0.39, 0.29) is 53.2 Å². The molecule has 0 unspecified atom stereocenters. The molecule has 0 aliphatic rings. The summed E-state index contributed by atoms with van der Waals surface area (Å²) < 4.78 is 76.2. The monoisotopic (exact) mass is 687 g/mol. The zero-order valence-electron chi connectivity index (χ0n) is 28.2. The number of nitrogens with zero attached hydrogens (tertiary/aromatic N) is 3. The third kappa shape index (κ3) is 34.1. The normalized spacial score (nSPS) is 11.6. The van der Waals surface area contributed by atoms with E-state index in [2.05, 4.69) is 10.0 Å². The Hall–Kier alpha value is -1.58. The molecule has 0 aromatic rings. The molecule has 0 spiro atoms. The zero-order chi connectivity index (χ0) is 34.2. The van der Waals surface area contributed by atoms with Gasteiger partial charge in [0.25, 0.3) is 0 Å². The van der Waals surface area contributed by atoms with Gasteiger partial charge in [-0.05, 0) is 5.53 Å². The summed E-state index contributed by atoms with van der Waals surface area (Å²) >= 11 is 0. The first-order chi connectivity index (χ1) is 23.2. The van der Waals surface area contributed by atoms with Crippen LogP contribution in [0, 0.1) is 5.41 Å². The minimum Gasteiger partial charge on any atom is -0.379 e. The van der Waals surface area contributed by atoms with Crippen LogP contribution in [-0.4, -0.2) is 186 Å². The van der Waals surface area contributed by atoms with Gasteiger partial charge in [0.1, 0.15) is 26.5 Å². The van der Waals surface area contributed by atoms with Crippen LogP contribution in [0.15, 0.2) is 5.11 Å². The molecule has 278 valence electrons. The second-order valence-electron chi connectivity index (χ2n) is 9.60. The van der Waals surface area contributed by atoms with E-state index in [1.54, 1.807) is 14.2 Å². The lowest BCUT2D eigenvalue weighted by Gasteiger charge is -2.32. The second-order valence-corrected chi connectivity index (χ2v) is 9.60. The Balaban J connectivity index is 4.57. The highest BCUT2D eigenvalue weighted by molar-refractivity contribution is 5.50. The van der Waals surface area contributed by atoms with E-state index >= 15 is 0 Å². The minimum atomic E-state index is -0.704. The predicted molar refractivity (Wildman–Crippen MR) is 166 cm³/mol. The molecule has 0 aromatic carbocycles. The van der Waals surface area contributed by atoms with E-state index in [9.17, 15) is 4.79 Å². The summed E-state index contributed by atoms with van der Waals surface area (Å²) in [5.74, 6) is 0. The summed E-state index contributed by atoms with van der Waals surface area (Å²) in [5, 5.41) is 3.40. The van der Waals surface area contributed by atoms with E-state index < -0.39 is 5.41 Å². The van der Waals surface area contributed by atoms with Gasteiger partial charge in [0.15, 0.2) is 0 Å². The fourth-order valence-electron chi connectivity index (χ4n) is 3.43. The van der Waals surface area contributed by atoms with Crippen molar-refractivity contribution in [2.75, 3.05) is 180 Å². The largest absolute Gasteiger partial charge is 0.379 e. The molecule has 0 heterocycles. The summed E-state index contributed by atoms with van der Waals surface area (Å²) in [6.07, 6.45) is 0.690. The molecule has 0 aliphatic heterocycles. The topological polar surface area (TPSA) is 195 Å². The molecule has 0 saturated carbocycles. The van der Waals surface area contributed by atoms with E-state index in [1.807, 2.05) is 0 Å². The molecule has 47 heavy (non-hydrogen) atoms. The molecule has 0 aliphatic carbocycles. The van der Waals surface area contributed by atoms with Crippen molar-refractivity contribution >= 4 is 6.29 Å². The lowest BCUT2D eigenvalue weighted by atomic mass is 9.92. The molecule has 0 atom stereocenters. The van der Waals surface area contributed by atoms with E-state index in [0.29, 0.717) is 119 Å². The van der Waals surface area contributed by atoms with Crippen LogP contribution in [0.3, 0.4) is 0 Å². The smallest absolute Gasteiger partial charge is 0.146 e. The highest BCUT2D eigenvalue weighted by Crippen LogP contribution is 2.21. The molecule has 0 bridgehead atoms. The number of hydrogen-bond donors (Lipinski definition) is 0. The van der Waals surface area contributed by atoms with Crippen molar-refractivity contribution in [1.29, 1.82) is 0 Å². The molecular weight excluding hydrogens is 630 g/mol. The number of hydrogen-bond acceptors (Lipinski definition) is 16. The summed E-state index contributed by atoms with van der Waals surface area (Å²) in [7, 11) is 3.12. The molecule has 0 N–H and O–H groups in total. The maximum atomic E-state index is 11.0. The summed E-state index contributed by atoms with van der Waals surface area (Å²) in [5.41, 5.74) is 7.56. The molecule has 0 amide bonds. The Labute approximate surface area is 278 Å². The van der Waals surface area contributed by atoms with Crippen LogP contribution in [0.1, 0.15) is 0 Å². The molecule has 18 nitrogen and oxygen atoms in total. The zero-order valence-corrected chi connectivity index (χ0v) is 28.2. The van der Waals surface area contributed by atoms with Gasteiger partial charge in [0, 0.05) is 25.7 Å². The fraction of sp³-hybridized carbons (Fsp3) is 0.966. The average Bonchev–Trinajstić information content (AvgIpc) is 3.08. The number of methoxy groups -OCH3 is 2. The van der Waals surface area contributed by atoms with Gasteiger partial charge in [-0.15, -0.1) is 0 Å². The van der Waals surface area contributed by atoms with Crippen LogP contribution in [0.25, 0.3) is 10.4 Å². The Morgan fingerprint density at radius 2 is 0.809 bits per heavy atom. The Bertz CT molecular complexity index is 665. The summed E-state index contributed by atoms with van der Waals surface area (Å²) in [4.78, 5) is 13.6. The molecule has 0 rings (SSSR count). The Kier molecular flexibility index (Phi) is 37.6. The highest BCUT2D eigenvalue weighted by atomic mass is 16.7. The average molecular weight is 688 g/mol. The maximum absolute atomic E-state index is 11.0. The first-order valence-corrected chi connectivity index (χ1v) is 15.6. The van der Waals surface area contributed by atoms with Crippen molar-refractivity contribution in [3.8, 4) is 0 Å². The number of ether oxygens (including phenoxy) is 14. The van der Waals surface area contributed by atoms with Gasteiger partial charge in [0.05, 0.1) is 144 Å².